The van der Waals surface area contributed by atoms with Crippen LogP contribution in [0.2, 0.25) is 0 Å². The molecule has 0 unspecified atom stereocenters. The lowest BCUT2D eigenvalue weighted by Gasteiger charge is -2.30. The van der Waals surface area contributed by atoms with Crippen molar-refractivity contribution in [3.63, 3.8) is 0 Å². The zero-order valence-electron chi connectivity index (χ0n) is 20.1. The van der Waals surface area contributed by atoms with Gasteiger partial charge in [-0.15, -0.1) is 0 Å². The van der Waals surface area contributed by atoms with E-state index in [2.05, 4.69) is 15.5 Å². The third kappa shape index (κ3) is 20.9. The third-order valence-electron chi connectivity index (χ3n) is 3.86. The first-order valence-electron chi connectivity index (χ1n) is 10.6. The van der Waals surface area contributed by atoms with Crippen molar-refractivity contribution in [2.24, 2.45) is 0 Å². The molecular formula is C19H33F7N4O6. The van der Waals surface area contributed by atoms with Crippen molar-refractivity contribution < 1.29 is 60.1 Å². The van der Waals surface area contributed by atoms with E-state index in [9.17, 15) is 35.5 Å². The summed E-state index contributed by atoms with van der Waals surface area (Å²) in [5.41, 5.74) is -0.387. The number of carbonyl (C=O) groups is 3. The van der Waals surface area contributed by atoms with Crippen LogP contribution in [0.3, 0.4) is 0 Å². The Labute approximate surface area is 203 Å². The second-order valence-corrected chi connectivity index (χ2v) is 8.10. The van der Waals surface area contributed by atoms with Crippen molar-refractivity contribution >= 4 is 18.0 Å². The molecule has 0 aromatic heterocycles. The Morgan fingerprint density at radius 2 is 1.11 bits per heavy atom. The van der Waals surface area contributed by atoms with Crippen LogP contribution < -0.4 is 10.6 Å². The molecule has 0 radical (unpaired) electrons. The summed E-state index contributed by atoms with van der Waals surface area (Å²) in [5.74, 6) is -5.51. The van der Waals surface area contributed by atoms with Gasteiger partial charge in [0.2, 0.25) is 0 Å². The van der Waals surface area contributed by atoms with Gasteiger partial charge < -0.3 is 30.5 Å². The van der Waals surface area contributed by atoms with Gasteiger partial charge >= 0.3 is 30.4 Å². The Morgan fingerprint density at radius 1 is 0.778 bits per heavy atom. The fourth-order valence-corrected chi connectivity index (χ4v) is 2.23. The van der Waals surface area contributed by atoms with E-state index in [1.807, 2.05) is 20.8 Å². The third-order valence-corrected chi connectivity index (χ3v) is 3.86. The van der Waals surface area contributed by atoms with E-state index in [4.69, 9.17) is 24.5 Å². The van der Waals surface area contributed by atoms with Crippen LogP contribution >= 0.6 is 0 Å². The van der Waals surface area contributed by atoms with E-state index in [1.54, 1.807) is 4.90 Å². The predicted molar refractivity (Wildman–Crippen MR) is 113 cm³/mol. The van der Waals surface area contributed by atoms with Gasteiger partial charge in [0, 0.05) is 58.9 Å². The highest BCUT2D eigenvalue weighted by atomic mass is 19.4. The van der Waals surface area contributed by atoms with Gasteiger partial charge in [-0.25, -0.2) is 18.8 Å². The van der Waals surface area contributed by atoms with Crippen molar-refractivity contribution in [1.29, 1.82) is 0 Å². The Hall–Kier alpha value is -2.40. The van der Waals surface area contributed by atoms with Crippen LogP contribution in [0.4, 0.5) is 35.5 Å². The number of aliphatic carboxylic acids is 2. The quantitative estimate of drug-likeness (QED) is 0.384. The molecular weight excluding hydrogens is 513 g/mol. The normalized spacial score (nSPS) is 16.7. The number of nitrogens with one attached hydrogen (secondary N) is 2. The molecule has 1 amide bonds. The molecule has 10 nitrogen and oxygen atoms in total. The molecule has 0 bridgehead atoms. The molecule has 2 aliphatic rings. The second kappa shape index (κ2) is 17.1. The average molecular weight is 546 g/mol. The number of amides is 1. The summed E-state index contributed by atoms with van der Waals surface area (Å²) < 4.78 is 80.4. The van der Waals surface area contributed by atoms with Gasteiger partial charge in [-0.3, -0.25) is 4.90 Å². The zero-order chi connectivity index (χ0) is 28.6. The number of rotatable bonds is 2. The number of hydrogen-bond donors (Lipinski definition) is 4. The summed E-state index contributed by atoms with van der Waals surface area (Å²) in [7, 11) is 0. The molecule has 17 heteroatoms. The van der Waals surface area contributed by atoms with Gasteiger partial charge in [0.25, 0.3) is 0 Å². The molecule has 0 aromatic carbocycles. The van der Waals surface area contributed by atoms with Gasteiger partial charge in [-0.1, -0.05) is 0 Å². The van der Waals surface area contributed by atoms with Crippen LogP contribution in [0.25, 0.3) is 0 Å². The smallest absolute Gasteiger partial charge is 0.475 e. The molecule has 2 aliphatic heterocycles. The Balaban J connectivity index is 0. The molecule has 2 rings (SSSR count). The second-order valence-electron chi connectivity index (χ2n) is 8.10. The molecule has 4 N–H and O–H groups in total. The first-order valence-corrected chi connectivity index (χ1v) is 10.6. The van der Waals surface area contributed by atoms with Crippen LogP contribution in [0.5, 0.6) is 0 Å². The molecule has 0 spiro atoms. The first kappa shape index (κ1) is 35.8. The largest absolute Gasteiger partial charge is 0.490 e. The molecule has 36 heavy (non-hydrogen) atoms. The highest BCUT2D eigenvalue weighted by molar-refractivity contribution is 5.73. The Kier molecular flexibility index (Phi) is 17.0. The maximum absolute atomic E-state index is 11.7. The Bertz CT molecular complexity index is 619. The summed E-state index contributed by atoms with van der Waals surface area (Å²) in [6.45, 7) is 13.3. The fraction of sp³-hybridized carbons (Fsp3) is 0.842. The molecule has 2 fully saturated rings. The number of carboxylic acid groups (broad SMARTS) is 2. The average Bonchev–Trinajstić information content (AvgIpc) is 2.74. The zero-order valence-corrected chi connectivity index (χ0v) is 20.1. The van der Waals surface area contributed by atoms with E-state index in [0.29, 0.717) is 6.54 Å². The summed E-state index contributed by atoms with van der Waals surface area (Å²) in [6.07, 6.45) is -10.4. The number of ether oxygens (including phenoxy) is 1. The van der Waals surface area contributed by atoms with Crippen molar-refractivity contribution in [3.8, 4) is 0 Å². The summed E-state index contributed by atoms with van der Waals surface area (Å²) in [4.78, 5) is 33.2. The van der Waals surface area contributed by atoms with Crippen molar-refractivity contribution in [3.05, 3.63) is 0 Å². The number of carboxylic acids is 2. The molecule has 0 aromatic rings. The molecule has 0 saturated carbocycles. The highest BCUT2D eigenvalue weighted by Crippen LogP contribution is 2.13. The highest BCUT2D eigenvalue weighted by Gasteiger charge is 2.38. The van der Waals surface area contributed by atoms with Crippen LogP contribution in [0, 0.1) is 0 Å². The maximum Gasteiger partial charge on any atom is 0.490 e. The van der Waals surface area contributed by atoms with E-state index in [0.717, 1.165) is 52.4 Å². The molecule has 2 saturated heterocycles. The van der Waals surface area contributed by atoms with Crippen LogP contribution in [-0.4, -0.2) is 122 Å². The number of piperazine rings is 2. The standard InChI is InChI=1S/C9H18N2O2.C6H13FN2.2C2HF3O2/c1-9(2,3)13-8(12)11-6-4-10-5-7-11;7-1-4-9-5-2-8-3-6-9;2*3-2(4,5)1(6)7/h10H,4-7H2,1-3H3;8H,1-6H2;2*(H,6,7). The van der Waals surface area contributed by atoms with Gasteiger partial charge in [0.05, 0.1) is 0 Å². The van der Waals surface area contributed by atoms with Crippen molar-refractivity contribution in [1.82, 2.24) is 20.4 Å². The SMILES string of the molecule is CC(C)(C)OC(=O)N1CCNCC1.FCCN1CCNCC1.O=C(O)C(F)(F)F.O=C(O)C(F)(F)F. The molecule has 0 aliphatic carbocycles. The summed E-state index contributed by atoms with van der Waals surface area (Å²) in [6, 6.07) is 0. The van der Waals surface area contributed by atoms with E-state index in [-0.39, 0.29) is 18.4 Å². The minimum atomic E-state index is -5.08. The molecule has 2 heterocycles. The Morgan fingerprint density at radius 3 is 1.39 bits per heavy atom. The van der Waals surface area contributed by atoms with Crippen LogP contribution in [-0.2, 0) is 14.3 Å². The number of nitrogens with zero attached hydrogens (tertiary/aromatic N) is 2. The number of carbonyl (C=O) groups excluding carboxylic acids is 1. The van der Waals surface area contributed by atoms with Crippen molar-refractivity contribution in [2.75, 3.05) is 65.6 Å². The van der Waals surface area contributed by atoms with Gasteiger partial charge in [0.15, 0.2) is 0 Å². The van der Waals surface area contributed by atoms with Crippen molar-refractivity contribution in [2.45, 2.75) is 38.7 Å². The topological polar surface area (TPSA) is 131 Å². The fourth-order valence-electron chi connectivity index (χ4n) is 2.23. The van der Waals surface area contributed by atoms with E-state index in [1.165, 1.54) is 0 Å². The van der Waals surface area contributed by atoms with Crippen LogP contribution in [0.1, 0.15) is 20.8 Å². The molecule has 0 atom stereocenters. The van der Waals surface area contributed by atoms with Gasteiger partial charge in [0.1, 0.15) is 12.3 Å². The summed E-state index contributed by atoms with van der Waals surface area (Å²) in [5, 5.41) is 20.6. The lowest BCUT2D eigenvalue weighted by Crippen LogP contribution is -2.48. The monoisotopic (exact) mass is 546 g/mol. The predicted octanol–water partition coefficient (Wildman–Crippen LogP) is 1.95. The molecule has 214 valence electrons. The lowest BCUT2D eigenvalue weighted by atomic mass is 10.2. The lowest BCUT2D eigenvalue weighted by molar-refractivity contribution is -0.193. The van der Waals surface area contributed by atoms with Gasteiger partial charge in [-0.05, 0) is 20.8 Å². The van der Waals surface area contributed by atoms with E-state index < -0.39 is 24.3 Å². The first-order chi connectivity index (χ1) is 16.3. The van der Waals surface area contributed by atoms with E-state index >= 15 is 0 Å². The van der Waals surface area contributed by atoms with Crippen LogP contribution in [0.15, 0.2) is 0 Å². The number of hydrogen-bond acceptors (Lipinski definition) is 7. The number of halogens is 7. The number of alkyl halides is 7. The van der Waals surface area contributed by atoms with Gasteiger partial charge in [-0.2, -0.15) is 26.3 Å². The minimum Gasteiger partial charge on any atom is -0.475 e. The minimum absolute atomic E-state index is 0.200. The summed E-state index contributed by atoms with van der Waals surface area (Å²) >= 11 is 0. The maximum atomic E-state index is 11.7.